The molecule has 0 bridgehead atoms. The van der Waals surface area contributed by atoms with Crippen molar-refractivity contribution in [2.45, 2.75) is 12.1 Å². The van der Waals surface area contributed by atoms with Crippen molar-refractivity contribution < 1.29 is 18.7 Å². The molecule has 0 aliphatic carbocycles. The van der Waals surface area contributed by atoms with Gasteiger partial charge in [0.15, 0.2) is 17.6 Å². The molecule has 1 aromatic heterocycles. The number of halogens is 1. The van der Waals surface area contributed by atoms with Crippen LogP contribution in [-0.4, -0.2) is 38.9 Å². The predicted molar refractivity (Wildman–Crippen MR) is 116 cm³/mol. The Bertz CT molecular complexity index is 1210. The summed E-state index contributed by atoms with van der Waals surface area (Å²) in [5.41, 5.74) is 6.22. The number of allylic oxidation sites excluding steroid dienone is 1. The van der Waals surface area contributed by atoms with Crippen molar-refractivity contribution in [3.8, 4) is 23.1 Å². The van der Waals surface area contributed by atoms with Gasteiger partial charge in [-0.05, 0) is 31.2 Å². The lowest BCUT2D eigenvalue weighted by molar-refractivity contribution is -0.144. The zero-order valence-corrected chi connectivity index (χ0v) is 17.8. The molecule has 162 valence electrons. The third-order valence-electron chi connectivity index (χ3n) is 4.23. The van der Waals surface area contributed by atoms with Crippen LogP contribution in [0, 0.1) is 17.1 Å². The molecule has 0 atom stereocenters. The lowest BCUT2D eigenvalue weighted by Crippen LogP contribution is -2.18. The van der Waals surface area contributed by atoms with E-state index >= 15 is 0 Å². The molecule has 0 unspecified atom stereocenters. The van der Waals surface area contributed by atoms with Gasteiger partial charge in [-0.15, -0.1) is 10.2 Å². The van der Waals surface area contributed by atoms with Gasteiger partial charge in [0, 0.05) is 11.4 Å². The smallest absolute Gasteiger partial charge is 0.316 e. The summed E-state index contributed by atoms with van der Waals surface area (Å²) in [6.07, 6.45) is 0. The number of benzene rings is 2. The highest BCUT2D eigenvalue weighted by molar-refractivity contribution is 7.99. The lowest BCUT2D eigenvalue weighted by atomic mass is 10.1. The Hall–Kier alpha value is -3.97. The average molecular weight is 451 g/mol. The number of para-hydroxylation sites is 1. The maximum Gasteiger partial charge on any atom is 0.316 e. The van der Waals surface area contributed by atoms with Crippen molar-refractivity contribution in [1.29, 1.82) is 5.26 Å². The number of hydrogen-bond acceptors (Lipinski definition) is 8. The second-order valence-electron chi connectivity index (χ2n) is 6.50. The number of nitrogens with zero attached hydrogens (tertiary/aromatic N) is 4. The highest BCUT2D eigenvalue weighted by Crippen LogP contribution is 2.29. The molecule has 0 fully saturated rings. The number of esters is 1. The number of ether oxygens (including phenoxy) is 1. The fraction of sp³-hybridized carbons (Fsp3) is 0.136. The van der Waals surface area contributed by atoms with Gasteiger partial charge in [0.05, 0.1) is 11.3 Å². The van der Waals surface area contributed by atoms with Crippen molar-refractivity contribution in [2.24, 2.45) is 5.73 Å². The van der Waals surface area contributed by atoms with E-state index in [-0.39, 0.29) is 28.4 Å². The number of nitriles is 1. The van der Waals surface area contributed by atoms with E-state index in [9.17, 15) is 14.0 Å². The number of aromatic nitrogens is 3. The number of nitrogens with two attached hydrogens (primary N) is 1. The molecule has 10 heteroatoms. The van der Waals surface area contributed by atoms with Crippen LogP contribution in [0.2, 0.25) is 0 Å². The largest absolute Gasteiger partial charge is 0.457 e. The standard InChI is InChI=1S/C22H18FN5O3S/c1-14(25)17(11-24)19(29)12-31-20(30)13-32-22-27-26-21(16-9-5-6-10-18(16)23)28(22)15-7-3-2-4-8-15/h2-10H,12-13,25H2,1H3/b17-14-. The summed E-state index contributed by atoms with van der Waals surface area (Å²) in [5, 5.41) is 17.5. The van der Waals surface area contributed by atoms with Gasteiger partial charge in [-0.3, -0.25) is 14.2 Å². The first-order chi connectivity index (χ1) is 15.4. The van der Waals surface area contributed by atoms with Gasteiger partial charge in [-0.25, -0.2) is 4.39 Å². The van der Waals surface area contributed by atoms with Gasteiger partial charge in [-0.2, -0.15) is 5.26 Å². The summed E-state index contributed by atoms with van der Waals surface area (Å²) in [5.74, 6) is -1.72. The molecule has 1 heterocycles. The van der Waals surface area contributed by atoms with Crippen LogP contribution in [0.25, 0.3) is 17.1 Å². The molecule has 0 aliphatic rings. The van der Waals surface area contributed by atoms with Crippen molar-refractivity contribution in [3.05, 3.63) is 71.7 Å². The third kappa shape index (κ3) is 5.19. The minimum Gasteiger partial charge on any atom is -0.457 e. The Morgan fingerprint density at radius 2 is 1.84 bits per heavy atom. The number of thioether (sulfide) groups is 1. The molecule has 2 aromatic carbocycles. The summed E-state index contributed by atoms with van der Waals surface area (Å²) in [6, 6.07) is 16.9. The van der Waals surface area contributed by atoms with Crippen LogP contribution in [0.3, 0.4) is 0 Å². The summed E-state index contributed by atoms with van der Waals surface area (Å²) < 4.78 is 21.0. The molecular formula is C22H18FN5O3S. The zero-order chi connectivity index (χ0) is 23.1. The molecule has 0 radical (unpaired) electrons. The molecule has 0 saturated carbocycles. The minimum absolute atomic E-state index is 0.0551. The number of hydrogen-bond donors (Lipinski definition) is 1. The lowest BCUT2D eigenvalue weighted by Gasteiger charge is -2.10. The monoisotopic (exact) mass is 451 g/mol. The number of rotatable bonds is 8. The van der Waals surface area contributed by atoms with E-state index in [2.05, 4.69) is 10.2 Å². The molecule has 0 spiro atoms. The van der Waals surface area contributed by atoms with E-state index in [4.69, 9.17) is 15.7 Å². The Balaban J connectivity index is 1.78. The topological polar surface area (TPSA) is 124 Å². The highest BCUT2D eigenvalue weighted by Gasteiger charge is 2.20. The van der Waals surface area contributed by atoms with Crippen LogP contribution in [0.5, 0.6) is 0 Å². The van der Waals surface area contributed by atoms with Gasteiger partial charge in [0.2, 0.25) is 5.78 Å². The SMILES string of the molecule is C/C(N)=C(\C#N)C(=O)COC(=O)CSc1nnc(-c2ccccc2F)n1-c1ccccc1. The zero-order valence-electron chi connectivity index (χ0n) is 17.0. The molecule has 8 nitrogen and oxygen atoms in total. The Kier molecular flexibility index (Phi) is 7.36. The van der Waals surface area contributed by atoms with Crippen LogP contribution >= 0.6 is 11.8 Å². The van der Waals surface area contributed by atoms with Gasteiger partial charge in [0.1, 0.15) is 17.5 Å². The van der Waals surface area contributed by atoms with Gasteiger partial charge in [0.25, 0.3) is 0 Å². The van der Waals surface area contributed by atoms with Crippen LogP contribution in [0.4, 0.5) is 4.39 Å². The first kappa shape index (κ1) is 22.7. The summed E-state index contributed by atoms with van der Waals surface area (Å²) in [7, 11) is 0. The molecule has 3 rings (SSSR count). The predicted octanol–water partition coefficient (Wildman–Crippen LogP) is 3.03. The fourth-order valence-corrected chi connectivity index (χ4v) is 3.49. The first-order valence-electron chi connectivity index (χ1n) is 9.36. The number of carbonyl (C=O) groups is 2. The summed E-state index contributed by atoms with van der Waals surface area (Å²) in [4.78, 5) is 24.1. The summed E-state index contributed by atoms with van der Waals surface area (Å²) in [6.45, 7) is 0.820. The Labute approximate surface area is 187 Å². The molecule has 0 saturated heterocycles. The molecular weight excluding hydrogens is 433 g/mol. The maximum atomic E-state index is 14.4. The third-order valence-corrected chi connectivity index (χ3v) is 5.13. The fourth-order valence-electron chi connectivity index (χ4n) is 2.74. The van der Waals surface area contributed by atoms with Crippen molar-refractivity contribution >= 4 is 23.5 Å². The van der Waals surface area contributed by atoms with Crippen LogP contribution in [0.15, 0.2) is 71.0 Å². The van der Waals surface area contributed by atoms with Gasteiger partial charge in [-0.1, -0.05) is 42.1 Å². The first-order valence-corrected chi connectivity index (χ1v) is 10.3. The maximum absolute atomic E-state index is 14.4. The van der Waals surface area contributed by atoms with Crippen LogP contribution in [0.1, 0.15) is 6.92 Å². The van der Waals surface area contributed by atoms with Crippen LogP contribution in [-0.2, 0) is 14.3 Å². The number of Topliss-reactive ketones (excluding diaryl/α,β-unsaturated/α-hetero) is 1. The van der Waals surface area contributed by atoms with E-state index in [1.54, 1.807) is 41.0 Å². The van der Waals surface area contributed by atoms with Gasteiger partial charge >= 0.3 is 5.97 Å². The van der Waals surface area contributed by atoms with E-state index in [1.807, 2.05) is 18.2 Å². The van der Waals surface area contributed by atoms with E-state index < -0.39 is 24.2 Å². The van der Waals surface area contributed by atoms with Crippen molar-refractivity contribution in [3.63, 3.8) is 0 Å². The molecule has 0 amide bonds. The van der Waals surface area contributed by atoms with Gasteiger partial charge < -0.3 is 10.5 Å². The second-order valence-corrected chi connectivity index (χ2v) is 7.44. The molecule has 0 aliphatic heterocycles. The van der Waals surface area contributed by atoms with Crippen molar-refractivity contribution in [1.82, 2.24) is 14.8 Å². The normalized spacial score (nSPS) is 11.4. The van der Waals surface area contributed by atoms with Crippen molar-refractivity contribution in [2.75, 3.05) is 12.4 Å². The molecule has 3 aromatic rings. The van der Waals surface area contributed by atoms with E-state index in [0.29, 0.717) is 10.8 Å². The number of ketones is 1. The highest BCUT2D eigenvalue weighted by atomic mass is 32.2. The Morgan fingerprint density at radius 1 is 1.16 bits per heavy atom. The summed E-state index contributed by atoms with van der Waals surface area (Å²) >= 11 is 1.02. The average Bonchev–Trinajstić information content (AvgIpc) is 3.21. The Morgan fingerprint density at radius 3 is 2.50 bits per heavy atom. The number of carbonyl (C=O) groups excluding carboxylic acids is 2. The minimum atomic E-state index is -0.689. The van der Waals surface area contributed by atoms with E-state index in [1.165, 1.54) is 13.0 Å². The molecule has 32 heavy (non-hydrogen) atoms. The van der Waals surface area contributed by atoms with Crippen LogP contribution < -0.4 is 5.73 Å². The molecule has 2 N–H and O–H groups in total. The quantitative estimate of drug-likeness (QED) is 0.240. The van der Waals surface area contributed by atoms with E-state index in [0.717, 1.165) is 11.8 Å². The second kappa shape index (κ2) is 10.4.